The lowest BCUT2D eigenvalue weighted by molar-refractivity contribution is -0.114. The quantitative estimate of drug-likeness (QED) is 0.251. The molecule has 13 heteroatoms. The number of carbonyl (C=O) groups is 2. The molecule has 2 heterocycles. The number of hydrogen-bond acceptors (Lipinski definition) is 9. The predicted molar refractivity (Wildman–Crippen MR) is 138 cm³/mol. The summed E-state index contributed by atoms with van der Waals surface area (Å²) in [4.78, 5) is 30.1. The zero-order chi connectivity index (χ0) is 26.9. The smallest absolute Gasteiger partial charge is 0.346 e. The number of nitrogens with one attached hydrogen (secondary N) is 1. The number of amides is 1. The van der Waals surface area contributed by atoms with E-state index in [0.717, 1.165) is 11.0 Å². The molecule has 0 saturated heterocycles. The molecule has 0 fully saturated rings. The summed E-state index contributed by atoms with van der Waals surface area (Å²) in [6.45, 7) is 4.90. The Morgan fingerprint density at radius 3 is 2.62 bits per heavy atom. The zero-order valence-electron chi connectivity index (χ0n) is 19.9. The number of benzene rings is 2. The molecular formula is C24H21FN4O6S2. The van der Waals surface area contributed by atoms with E-state index in [-0.39, 0.29) is 39.6 Å². The molecule has 0 spiro atoms. The molecular weight excluding hydrogens is 523 g/mol. The molecule has 0 bridgehead atoms. The fraction of sp³-hybridized carbons (Fsp3) is 0.208. The predicted octanol–water partition coefficient (Wildman–Crippen LogP) is 3.84. The Hall–Kier alpha value is -3.84. The minimum atomic E-state index is -3.85. The van der Waals surface area contributed by atoms with Crippen molar-refractivity contribution in [3.05, 3.63) is 65.0 Å². The Balaban J connectivity index is 1.66. The molecule has 0 aliphatic carbocycles. The van der Waals surface area contributed by atoms with E-state index in [9.17, 15) is 22.4 Å². The highest BCUT2D eigenvalue weighted by Crippen LogP contribution is 2.33. The maximum atomic E-state index is 14.0. The van der Waals surface area contributed by atoms with Crippen LogP contribution in [0.4, 0.5) is 4.39 Å². The van der Waals surface area contributed by atoms with Crippen molar-refractivity contribution < 1.29 is 31.9 Å². The van der Waals surface area contributed by atoms with Gasteiger partial charge in [-0.25, -0.2) is 22.5 Å². The van der Waals surface area contributed by atoms with Crippen molar-refractivity contribution in [2.24, 2.45) is 9.39 Å². The lowest BCUT2D eigenvalue weighted by atomic mass is 10.1. The molecule has 2 aliphatic rings. The molecule has 192 valence electrons. The Kier molecular flexibility index (Phi) is 7.28. The highest BCUT2D eigenvalue weighted by Gasteiger charge is 2.43. The molecule has 4 rings (SSSR count). The third-order valence-electron chi connectivity index (χ3n) is 5.24. The number of hydrogen-bond donors (Lipinski definition) is 1. The van der Waals surface area contributed by atoms with Crippen molar-refractivity contribution in [2.45, 2.75) is 26.0 Å². The summed E-state index contributed by atoms with van der Waals surface area (Å²) in [5.74, 6) is -2.62. The molecule has 37 heavy (non-hydrogen) atoms. The van der Waals surface area contributed by atoms with E-state index in [1.54, 1.807) is 6.92 Å². The summed E-state index contributed by atoms with van der Waals surface area (Å²) < 4.78 is 54.3. The fourth-order valence-electron chi connectivity index (χ4n) is 3.31. The first-order valence-electron chi connectivity index (χ1n) is 11.0. The molecule has 2 aromatic carbocycles. The van der Waals surface area contributed by atoms with Gasteiger partial charge in [-0.05, 0) is 56.7 Å². The third kappa shape index (κ3) is 5.04. The van der Waals surface area contributed by atoms with E-state index in [1.807, 2.05) is 0 Å². The average molecular weight is 545 g/mol. The van der Waals surface area contributed by atoms with Crippen LogP contribution in [0.2, 0.25) is 0 Å². The zero-order valence-corrected chi connectivity index (χ0v) is 21.5. The third-order valence-corrected chi connectivity index (χ3v) is 8.09. The highest BCUT2D eigenvalue weighted by atomic mass is 32.2. The second-order valence-corrected chi connectivity index (χ2v) is 11.1. The first-order valence-corrected chi connectivity index (χ1v) is 13.3. The first kappa shape index (κ1) is 26.2. The van der Waals surface area contributed by atoms with Crippen LogP contribution in [0.15, 0.2) is 57.4 Å². The second kappa shape index (κ2) is 10.3. The maximum absolute atomic E-state index is 14.0. The molecule has 0 radical (unpaired) electrons. The fourth-order valence-corrected chi connectivity index (χ4v) is 5.37. The largest absolute Gasteiger partial charge is 0.490 e. The summed E-state index contributed by atoms with van der Waals surface area (Å²) >= 11 is 0.711. The van der Waals surface area contributed by atoms with Gasteiger partial charge in [-0.15, -0.1) is 0 Å². The number of carbonyl (C=O) groups excluding carboxylic acids is 2. The van der Waals surface area contributed by atoms with Crippen LogP contribution in [0.1, 0.15) is 36.7 Å². The molecule has 0 aromatic heterocycles. The van der Waals surface area contributed by atoms with E-state index in [0.29, 0.717) is 17.5 Å². The minimum Gasteiger partial charge on any atom is -0.490 e. The van der Waals surface area contributed by atoms with Crippen molar-refractivity contribution >= 4 is 55.9 Å². The number of sulfone groups is 1. The molecule has 2 aromatic rings. The van der Waals surface area contributed by atoms with Gasteiger partial charge >= 0.3 is 5.97 Å². The number of esters is 1. The molecule has 10 nitrogen and oxygen atoms in total. The first-order chi connectivity index (χ1) is 17.5. The van der Waals surface area contributed by atoms with Crippen LogP contribution in [0.3, 0.4) is 0 Å². The van der Waals surface area contributed by atoms with Crippen LogP contribution in [0.5, 0.6) is 11.5 Å². The van der Waals surface area contributed by atoms with Crippen LogP contribution in [0.25, 0.3) is 6.08 Å². The van der Waals surface area contributed by atoms with Gasteiger partial charge < -0.3 is 9.47 Å². The average Bonchev–Trinajstić information content (AvgIpc) is 3.28. The molecule has 1 amide bonds. The number of amidine groups is 3. The summed E-state index contributed by atoms with van der Waals surface area (Å²) in [6, 6.07) is 9.76. The van der Waals surface area contributed by atoms with Crippen LogP contribution in [-0.4, -0.2) is 53.2 Å². The van der Waals surface area contributed by atoms with E-state index in [4.69, 9.17) is 14.9 Å². The van der Waals surface area contributed by atoms with E-state index in [1.165, 1.54) is 56.3 Å². The lowest BCUT2D eigenvalue weighted by Gasteiger charge is -2.25. The van der Waals surface area contributed by atoms with Crippen molar-refractivity contribution in [2.75, 3.05) is 6.61 Å². The second-order valence-electron chi connectivity index (χ2n) is 8.01. The standard InChI is InChI=1S/C24H21FN4O6S2/c1-4-34-19-12-14(9-10-18(19)35-22(31)15-7-5-6-8-17(15)25)11-16-20(26)29-23(27-21(16)30)36-28-24(29)37(32,33)13(2)3/h5-13,26H,4H2,1-3H3/b16-11-,26-20?. The normalized spacial score (nSPS) is 16.6. The van der Waals surface area contributed by atoms with Crippen molar-refractivity contribution in [1.82, 2.24) is 4.90 Å². The van der Waals surface area contributed by atoms with Gasteiger partial charge in [0.05, 0.1) is 34.9 Å². The minimum absolute atomic E-state index is 0.0169. The van der Waals surface area contributed by atoms with Gasteiger partial charge in [0.15, 0.2) is 11.5 Å². The van der Waals surface area contributed by atoms with Gasteiger partial charge in [0.25, 0.3) is 5.91 Å². The number of fused-ring (bicyclic) bond motifs is 1. The molecule has 1 N–H and O–H groups in total. The Bertz CT molecular complexity index is 1510. The summed E-state index contributed by atoms with van der Waals surface area (Å²) in [5, 5.41) is 7.38. The molecule has 0 unspecified atom stereocenters. The lowest BCUT2D eigenvalue weighted by Crippen LogP contribution is -2.46. The van der Waals surface area contributed by atoms with Gasteiger partial charge in [-0.2, -0.15) is 9.39 Å². The van der Waals surface area contributed by atoms with E-state index >= 15 is 0 Å². The Labute approximate surface area is 216 Å². The van der Waals surface area contributed by atoms with Crippen molar-refractivity contribution in [3.63, 3.8) is 0 Å². The van der Waals surface area contributed by atoms with Gasteiger partial charge in [-0.3, -0.25) is 10.2 Å². The maximum Gasteiger partial charge on any atom is 0.346 e. The summed E-state index contributed by atoms with van der Waals surface area (Å²) in [6.07, 6.45) is 1.35. The Morgan fingerprint density at radius 1 is 1.22 bits per heavy atom. The number of nitrogens with zero attached hydrogens (tertiary/aromatic N) is 3. The van der Waals surface area contributed by atoms with Crippen LogP contribution < -0.4 is 9.47 Å². The van der Waals surface area contributed by atoms with Crippen molar-refractivity contribution in [3.8, 4) is 11.5 Å². The number of aliphatic imine (C=N–C) groups is 1. The number of halogens is 1. The van der Waals surface area contributed by atoms with Gasteiger partial charge in [0.2, 0.25) is 20.2 Å². The summed E-state index contributed by atoms with van der Waals surface area (Å²) in [7, 11) is -3.85. The molecule has 0 atom stereocenters. The van der Waals surface area contributed by atoms with Crippen LogP contribution >= 0.6 is 11.9 Å². The van der Waals surface area contributed by atoms with Gasteiger partial charge in [0.1, 0.15) is 11.7 Å². The topological polar surface area (TPSA) is 139 Å². The van der Waals surface area contributed by atoms with Gasteiger partial charge in [-0.1, -0.05) is 18.2 Å². The SMILES string of the molecule is CCOc1cc(/C=C2/C(=N)N3C(=NC2=O)SN=C3S(=O)(=O)C(C)C)ccc1OC(=O)c1ccccc1F. The molecule has 0 saturated carbocycles. The monoisotopic (exact) mass is 544 g/mol. The Morgan fingerprint density at radius 2 is 1.95 bits per heavy atom. The van der Waals surface area contributed by atoms with E-state index < -0.39 is 38.6 Å². The van der Waals surface area contributed by atoms with Gasteiger partial charge in [0, 0.05) is 0 Å². The van der Waals surface area contributed by atoms with Crippen molar-refractivity contribution in [1.29, 1.82) is 5.41 Å². The van der Waals surface area contributed by atoms with E-state index in [2.05, 4.69) is 9.39 Å². The van der Waals surface area contributed by atoms with Crippen LogP contribution in [-0.2, 0) is 14.6 Å². The number of rotatable bonds is 6. The van der Waals surface area contributed by atoms with Crippen LogP contribution in [0, 0.1) is 11.2 Å². The number of ether oxygens (including phenoxy) is 2. The summed E-state index contributed by atoms with van der Waals surface area (Å²) in [5.41, 5.74) is -0.0298. The molecule has 2 aliphatic heterocycles. The highest BCUT2D eigenvalue weighted by molar-refractivity contribution is 8.16.